The van der Waals surface area contributed by atoms with Crippen LogP contribution in [0.25, 0.3) is 22.2 Å². The minimum absolute atomic E-state index is 0.492. The van der Waals surface area contributed by atoms with E-state index in [9.17, 15) is 0 Å². The van der Waals surface area contributed by atoms with E-state index in [2.05, 4.69) is 21.4 Å². The maximum Gasteiger partial charge on any atom is 0.229 e. The highest BCUT2D eigenvalue weighted by Crippen LogP contribution is 2.33. The zero-order chi connectivity index (χ0) is 15.9. The molecule has 3 aromatic heterocycles. The third-order valence-electron chi connectivity index (χ3n) is 5.47. The van der Waals surface area contributed by atoms with E-state index in [0.717, 1.165) is 35.1 Å². The van der Waals surface area contributed by atoms with E-state index in [4.69, 9.17) is 9.40 Å². The molecule has 1 saturated carbocycles. The van der Waals surface area contributed by atoms with Gasteiger partial charge in [-0.1, -0.05) is 19.3 Å². The van der Waals surface area contributed by atoms with Crippen molar-refractivity contribution in [3.05, 3.63) is 23.7 Å². The van der Waals surface area contributed by atoms with Gasteiger partial charge in [0, 0.05) is 11.7 Å². The van der Waals surface area contributed by atoms with E-state index in [1.807, 2.05) is 0 Å². The predicted molar refractivity (Wildman–Crippen MR) is 94.2 cm³/mol. The molecule has 0 atom stereocenters. The van der Waals surface area contributed by atoms with Crippen LogP contribution in [-0.2, 0) is 12.8 Å². The Hall–Kier alpha value is -2.17. The number of anilines is 1. The average Bonchev–Trinajstić information content (AvgIpc) is 2.99. The fraction of sp³-hybridized carbons (Fsp3) is 0.526. The lowest BCUT2D eigenvalue weighted by Crippen LogP contribution is -2.22. The minimum atomic E-state index is 0.492. The van der Waals surface area contributed by atoms with Crippen LogP contribution in [-0.4, -0.2) is 21.0 Å². The van der Waals surface area contributed by atoms with Crippen LogP contribution >= 0.6 is 0 Å². The molecule has 0 aromatic carbocycles. The minimum Gasteiger partial charge on any atom is -0.432 e. The van der Waals surface area contributed by atoms with Gasteiger partial charge in [-0.15, -0.1) is 0 Å². The highest BCUT2D eigenvalue weighted by atomic mass is 16.3. The van der Waals surface area contributed by atoms with Gasteiger partial charge >= 0.3 is 0 Å². The van der Waals surface area contributed by atoms with E-state index in [0.29, 0.717) is 11.8 Å². The summed E-state index contributed by atoms with van der Waals surface area (Å²) in [7, 11) is 0. The molecule has 0 saturated heterocycles. The Morgan fingerprint density at radius 1 is 1.00 bits per heavy atom. The fourth-order valence-corrected chi connectivity index (χ4v) is 4.16. The molecule has 5 nitrogen and oxygen atoms in total. The Kier molecular flexibility index (Phi) is 3.39. The number of aromatic nitrogens is 3. The molecule has 0 radical (unpaired) electrons. The zero-order valence-electron chi connectivity index (χ0n) is 13.8. The average molecular weight is 322 g/mol. The van der Waals surface area contributed by atoms with Crippen LogP contribution < -0.4 is 5.32 Å². The Bertz CT molecular complexity index is 895. The van der Waals surface area contributed by atoms with E-state index in [1.54, 1.807) is 6.33 Å². The first kappa shape index (κ1) is 14.2. The van der Waals surface area contributed by atoms with E-state index in [1.165, 1.54) is 56.2 Å². The second kappa shape index (κ2) is 5.72. The van der Waals surface area contributed by atoms with Gasteiger partial charge in [0.15, 0.2) is 11.4 Å². The third-order valence-corrected chi connectivity index (χ3v) is 5.47. The van der Waals surface area contributed by atoms with Crippen LogP contribution in [0.5, 0.6) is 0 Å². The predicted octanol–water partition coefficient (Wildman–Crippen LogP) is 4.39. The molecular weight excluding hydrogens is 300 g/mol. The molecule has 2 aliphatic carbocycles. The number of nitrogens with zero attached hydrogens (tertiary/aromatic N) is 3. The maximum absolute atomic E-state index is 6.09. The summed E-state index contributed by atoms with van der Waals surface area (Å²) in [4.78, 5) is 13.7. The summed E-state index contributed by atoms with van der Waals surface area (Å²) in [6.45, 7) is 0. The number of rotatable bonds is 2. The smallest absolute Gasteiger partial charge is 0.229 e. The summed E-state index contributed by atoms with van der Waals surface area (Å²) in [6, 6.07) is 2.73. The summed E-state index contributed by atoms with van der Waals surface area (Å²) in [5.74, 6) is 0.822. The highest BCUT2D eigenvalue weighted by Gasteiger charge is 2.20. The summed E-state index contributed by atoms with van der Waals surface area (Å²) in [5, 5.41) is 4.61. The van der Waals surface area contributed by atoms with Crippen molar-refractivity contribution in [2.75, 3.05) is 5.32 Å². The molecule has 24 heavy (non-hydrogen) atoms. The van der Waals surface area contributed by atoms with E-state index < -0.39 is 0 Å². The first-order valence-electron chi connectivity index (χ1n) is 9.21. The fourth-order valence-electron chi connectivity index (χ4n) is 4.16. The first-order valence-corrected chi connectivity index (χ1v) is 9.21. The Labute approximate surface area is 140 Å². The van der Waals surface area contributed by atoms with Gasteiger partial charge in [0.25, 0.3) is 0 Å². The summed E-state index contributed by atoms with van der Waals surface area (Å²) >= 11 is 0. The second-order valence-corrected chi connectivity index (χ2v) is 7.14. The van der Waals surface area contributed by atoms with Crippen LogP contribution in [0.2, 0.25) is 0 Å². The summed E-state index contributed by atoms with van der Waals surface area (Å²) < 4.78 is 6.09. The van der Waals surface area contributed by atoms with Crippen molar-refractivity contribution in [2.24, 2.45) is 0 Å². The van der Waals surface area contributed by atoms with Crippen molar-refractivity contribution in [1.29, 1.82) is 0 Å². The van der Waals surface area contributed by atoms with Gasteiger partial charge in [0.05, 0.1) is 5.39 Å². The number of furan rings is 1. The molecule has 3 heterocycles. The zero-order valence-corrected chi connectivity index (χ0v) is 13.8. The van der Waals surface area contributed by atoms with Crippen molar-refractivity contribution < 1.29 is 4.42 Å². The molecule has 0 unspecified atom stereocenters. The SMILES string of the molecule is c1nc(NC2CCCCC2)c2oc3nc4c(cc3c2n1)CCCC4. The Morgan fingerprint density at radius 3 is 2.79 bits per heavy atom. The van der Waals surface area contributed by atoms with Crippen LogP contribution in [0, 0.1) is 0 Å². The van der Waals surface area contributed by atoms with Gasteiger partial charge in [0.2, 0.25) is 5.71 Å². The number of aryl methyl sites for hydroxylation is 2. The van der Waals surface area contributed by atoms with Gasteiger partial charge in [-0.2, -0.15) is 0 Å². The van der Waals surface area contributed by atoms with Crippen molar-refractivity contribution >= 4 is 28.0 Å². The number of pyridine rings is 1. The first-order chi connectivity index (χ1) is 11.9. The molecule has 0 bridgehead atoms. The number of nitrogens with one attached hydrogen (secondary N) is 1. The molecule has 2 aliphatic rings. The van der Waals surface area contributed by atoms with Crippen molar-refractivity contribution in [3.8, 4) is 0 Å². The molecule has 0 amide bonds. The summed E-state index contributed by atoms with van der Waals surface area (Å²) in [6.07, 6.45) is 12.6. The highest BCUT2D eigenvalue weighted by molar-refractivity contribution is 6.04. The third kappa shape index (κ3) is 2.34. The van der Waals surface area contributed by atoms with Crippen molar-refractivity contribution in [3.63, 3.8) is 0 Å². The molecule has 3 aromatic rings. The molecule has 1 N–H and O–H groups in total. The number of hydrogen-bond donors (Lipinski definition) is 1. The topological polar surface area (TPSA) is 63.8 Å². The largest absolute Gasteiger partial charge is 0.432 e. The number of fused-ring (bicyclic) bond motifs is 4. The molecule has 5 heteroatoms. The van der Waals surface area contributed by atoms with Crippen LogP contribution in [0.1, 0.15) is 56.2 Å². The molecular formula is C19H22N4O. The molecule has 5 rings (SSSR count). The van der Waals surface area contributed by atoms with Gasteiger partial charge in [-0.05, 0) is 50.2 Å². The molecule has 124 valence electrons. The number of hydrogen-bond acceptors (Lipinski definition) is 5. The van der Waals surface area contributed by atoms with E-state index >= 15 is 0 Å². The van der Waals surface area contributed by atoms with E-state index in [-0.39, 0.29) is 0 Å². The molecule has 1 fully saturated rings. The van der Waals surface area contributed by atoms with Gasteiger partial charge in [-0.25, -0.2) is 15.0 Å². The van der Waals surface area contributed by atoms with Crippen LogP contribution in [0.3, 0.4) is 0 Å². The Morgan fingerprint density at radius 2 is 1.88 bits per heavy atom. The lowest BCUT2D eigenvalue weighted by Gasteiger charge is -2.22. The van der Waals surface area contributed by atoms with Crippen molar-refractivity contribution in [2.45, 2.75) is 63.8 Å². The lowest BCUT2D eigenvalue weighted by atomic mass is 9.95. The second-order valence-electron chi connectivity index (χ2n) is 7.14. The monoisotopic (exact) mass is 322 g/mol. The van der Waals surface area contributed by atoms with Gasteiger partial charge < -0.3 is 9.73 Å². The quantitative estimate of drug-likeness (QED) is 0.758. The van der Waals surface area contributed by atoms with Crippen LogP contribution in [0.15, 0.2) is 16.8 Å². The van der Waals surface area contributed by atoms with Crippen molar-refractivity contribution in [1.82, 2.24) is 15.0 Å². The normalized spacial score (nSPS) is 18.8. The molecule has 0 aliphatic heterocycles. The van der Waals surface area contributed by atoms with Gasteiger partial charge in [-0.3, -0.25) is 0 Å². The van der Waals surface area contributed by atoms with Gasteiger partial charge in [0.1, 0.15) is 11.8 Å². The Balaban J connectivity index is 1.61. The standard InChI is InChI=1S/C19H22N4O/c1-2-7-13(8-3-1)22-18-17-16(20-11-21-18)14-10-12-6-4-5-9-15(12)23-19(14)24-17/h10-11,13H,1-9H2,(H,20,21,22). The summed E-state index contributed by atoms with van der Waals surface area (Å²) in [5.41, 5.74) is 4.91. The molecule has 0 spiro atoms. The van der Waals surface area contributed by atoms with Crippen LogP contribution in [0.4, 0.5) is 5.82 Å². The maximum atomic E-state index is 6.09. The lowest BCUT2D eigenvalue weighted by molar-refractivity contribution is 0.461.